The fourth-order valence-electron chi connectivity index (χ4n) is 2.52. The van der Waals surface area contributed by atoms with E-state index in [1.165, 1.54) is 19.3 Å². The van der Waals surface area contributed by atoms with Gasteiger partial charge in [-0.2, -0.15) is 16.7 Å². The molecule has 106 valence electrons. The van der Waals surface area contributed by atoms with Crippen LogP contribution in [0.15, 0.2) is 6.07 Å². The van der Waals surface area contributed by atoms with Gasteiger partial charge in [-0.1, -0.05) is 13.3 Å². The van der Waals surface area contributed by atoms with Gasteiger partial charge in [-0.25, -0.2) is 4.98 Å². The fraction of sp³-hybridized carbons (Fsp3) is 0.714. The van der Waals surface area contributed by atoms with Crippen LogP contribution in [-0.2, 0) is 0 Å². The van der Waals surface area contributed by atoms with E-state index in [1.54, 1.807) is 0 Å². The molecule has 0 spiro atoms. The Morgan fingerprint density at radius 1 is 1.37 bits per heavy atom. The molecule has 2 rings (SSSR count). The first-order valence-corrected chi connectivity index (χ1v) is 8.40. The van der Waals surface area contributed by atoms with Gasteiger partial charge in [0.25, 0.3) is 0 Å². The minimum atomic E-state index is 0.545. The third-order valence-electron chi connectivity index (χ3n) is 3.48. The molecule has 2 atom stereocenters. The second kappa shape index (κ2) is 6.98. The number of nitrogens with zero attached hydrogens (tertiary/aromatic N) is 2. The molecule has 1 fully saturated rings. The van der Waals surface area contributed by atoms with Gasteiger partial charge in [-0.3, -0.25) is 0 Å². The maximum absolute atomic E-state index is 4.56. The lowest BCUT2D eigenvalue weighted by Gasteiger charge is -2.20. The molecule has 0 amide bonds. The average Bonchev–Trinajstić information content (AvgIpc) is 2.83. The van der Waals surface area contributed by atoms with E-state index >= 15 is 0 Å². The van der Waals surface area contributed by atoms with Gasteiger partial charge < -0.3 is 10.6 Å². The Morgan fingerprint density at radius 3 is 2.95 bits per heavy atom. The minimum Gasteiger partial charge on any atom is -0.366 e. The average molecular weight is 280 g/mol. The van der Waals surface area contributed by atoms with E-state index in [-0.39, 0.29) is 0 Å². The van der Waals surface area contributed by atoms with Gasteiger partial charge in [0.05, 0.1) is 0 Å². The van der Waals surface area contributed by atoms with Gasteiger partial charge in [-0.15, -0.1) is 0 Å². The Labute approximate surface area is 120 Å². The normalized spacial score (nSPS) is 22.5. The van der Waals surface area contributed by atoms with E-state index in [1.807, 2.05) is 24.8 Å². The maximum Gasteiger partial charge on any atom is 0.224 e. The van der Waals surface area contributed by atoms with E-state index in [0.29, 0.717) is 11.3 Å². The molecule has 0 bridgehead atoms. The molecule has 0 aromatic carbocycles. The maximum atomic E-state index is 4.56. The summed E-state index contributed by atoms with van der Waals surface area (Å²) < 4.78 is 0. The molecule has 1 aliphatic carbocycles. The number of aryl methyl sites for hydroxylation is 1. The van der Waals surface area contributed by atoms with Gasteiger partial charge >= 0.3 is 0 Å². The summed E-state index contributed by atoms with van der Waals surface area (Å²) in [5.41, 5.74) is 1.01. The second-order valence-electron chi connectivity index (χ2n) is 5.10. The predicted octanol–water partition coefficient (Wildman–Crippen LogP) is 3.30. The molecule has 0 aliphatic heterocycles. The molecule has 1 aromatic rings. The zero-order chi connectivity index (χ0) is 13.7. The Morgan fingerprint density at radius 2 is 2.21 bits per heavy atom. The molecule has 4 nitrogen and oxygen atoms in total. The van der Waals surface area contributed by atoms with Crippen molar-refractivity contribution in [1.29, 1.82) is 0 Å². The second-order valence-corrected chi connectivity index (χ2v) is 6.18. The number of thioether (sulfide) groups is 1. The molecule has 1 aliphatic rings. The van der Waals surface area contributed by atoms with Crippen LogP contribution in [0.2, 0.25) is 0 Å². The Bertz CT molecular complexity index is 410. The summed E-state index contributed by atoms with van der Waals surface area (Å²) in [6.45, 7) is 5.08. The van der Waals surface area contributed by atoms with Crippen molar-refractivity contribution in [3.63, 3.8) is 0 Å². The van der Waals surface area contributed by atoms with Gasteiger partial charge in [0, 0.05) is 29.6 Å². The van der Waals surface area contributed by atoms with E-state index in [9.17, 15) is 0 Å². The van der Waals surface area contributed by atoms with Crippen LogP contribution in [0, 0.1) is 6.92 Å². The highest BCUT2D eigenvalue weighted by Gasteiger charge is 2.26. The highest BCUT2D eigenvalue weighted by atomic mass is 32.2. The van der Waals surface area contributed by atoms with E-state index in [0.717, 1.165) is 30.4 Å². The zero-order valence-electron chi connectivity index (χ0n) is 12.1. The standard InChI is InChI=1S/C14H24N4S/c1-4-8-15-14-16-10(2)9-13(18-14)17-11-6-5-7-12(11)19-3/h9,11-12H,4-8H2,1-3H3,(H2,15,16,17,18). The van der Waals surface area contributed by atoms with Gasteiger partial charge in [0.2, 0.25) is 5.95 Å². The summed E-state index contributed by atoms with van der Waals surface area (Å²) in [4.78, 5) is 8.98. The van der Waals surface area contributed by atoms with Crippen LogP contribution >= 0.6 is 11.8 Å². The van der Waals surface area contributed by atoms with Gasteiger partial charge in [-0.05, 0) is 32.4 Å². The predicted molar refractivity (Wildman–Crippen MR) is 84.1 cm³/mol. The largest absolute Gasteiger partial charge is 0.366 e. The van der Waals surface area contributed by atoms with Crippen molar-refractivity contribution in [2.75, 3.05) is 23.4 Å². The highest BCUT2D eigenvalue weighted by molar-refractivity contribution is 7.99. The quantitative estimate of drug-likeness (QED) is 0.837. The summed E-state index contributed by atoms with van der Waals surface area (Å²) in [6.07, 6.45) is 7.14. The topological polar surface area (TPSA) is 49.8 Å². The molecule has 2 unspecified atom stereocenters. The van der Waals surface area contributed by atoms with E-state index in [4.69, 9.17) is 0 Å². The first kappa shape index (κ1) is 14.4. The van der Waals surface area contributed by atoms with Crippen molar-refractivity contribution in [3.05, 3.63) is 11.8 Å². The van der Waals surface area contributed by atoms with E-state index < -0.39 is 0 Å². The summed E-state index contributed by atoms with van der Waals surface area (Å²) >= 11 is 1.96. The number of aromatic nitrogens is 2. The summed E-state index contributed by atoms with van der Waals surface area (Å²) in [5, 5.41) is 7.56. The monoisotopic (exact) mass is 280 g/mol. The Kier molecular flexibility index (Phi) is 5.31. The Hall–Kier alpha value is -0.970. The Balaban J connectivity index is 2.04. The van der Waals surface area contributed by atoms with Crippen LogP contribution in [0.4, 0.5) is 11.8 Å². The van der Waals surface area contributed by atoms with Crippen molar-refractivity contribution in [2.45, 2.75) is 50.8 Å². The molecular formula is C14H24N4S. The number of rotatable bonds is 6. The lowest BCUT2D eigenvalue weighted by molar-refractivity contribution is 0.762. The fourth-order valence-corrected chi connectivity index (χ4v) is 3.46. The minimum absolute atomic E-state index is 0.545. The third-order valence-corrected chi connectivity index (χ3v) is 4.65. The van der Waals surface area contributed by atoms with Crippen LogP contribution in [0.1, 0.15) is 38.3 Å². The number of nitrogens with one attached hydrogen (secondary N) is 2. The number of hydrogen-bond donors (Lipinski definition) is 2. The van der Waals surface area contributed by atoms with Crippen molar-refractivity contribution >= 4 is 23.5 Å². The summed E-state index contributed by atoms with van der Waals surface area (Å²) in [7, 11) is 0. The number of anilines is 2. The summed E-state index contributed by atoms with van der Waals surface area (Å²) in [5.74, 6) is 1.69. The molecule has 0 saturated heterocycles. The first-order chi connectivity index (χ1) is 9.22. The molecule has 5 heteroatoms. The SMILES string of the molecule is CCCNc1nc(C)cc(NC2CCCC2SC)n1. The summed E-state index contributed by atoms with van der Waals surface area (Å²) in [6, 6.07) is 2.58. The van der Waals surface area contributed by atoms with Crippen molar-refractivity contribution in [3.8, 4) is 0 Å². The first-order valence-electron chi connectivity index (χ1n) is 7.11. The molecule has 1 heterocycles. The molecule has 19 heavy (non-hydrogen) atoms. The molecular weight excluding hydrogens is 256 g/mol. The van der Waals surface area contributed by atoms with Crippen molar-refractivity contribution < 1.29 is 0 Å². The van der Waals surface area contributed by atoms with Gasteiger partial charge in [0.1, 0.15) is 5.82 Å². The van der Waals surface area contributed by atoms with Crippen LogP contribution < -0.4 is 10.6 Å². The molecule has 0 radical (unpaired) electrons. The zero-order valence-corrected chi connectivity index (χ0v) is 12.9. The van der Waals surface area contributed by atoms with E-state index in [2.05, 4.69) is 33.8 Å². The van der Waals surface area contributed by atoms with Crippen LogP contribution in [0.5, 0.6) is 0 Å². The lowest BCUT2D eigenvalue weighted by Crippen LogP contribution is -2.26. The number of hydrogen-bond acceptors (Lipinski definition) is 5. The van der Waals surface area contributed by atoms with Crippen molar-refractivity contribution in [2.24, 2.45) is 0 Å². The smallest absolute Gasteiger partial charge is 0.224 e. The van der Waals surface area contributed by atoms with Crippen LogP contribution in [0.3, 0.4) is 0 Å². The third kappa shape index (κ3) is 4.00. The molecule has 1 aromatic heterocycles. The van der Waals surface area contributed by atoms with Crippen molar-refractivity contribution in [1.82, 2.24) is 9.97 Å². The highest BCUT2D eigenvalue weighted by Crippen LogP contribution is 2.30. The van der Waals surface area contributed by atoms with Crippen LogP contribution in [-0.4, -0.2) is 34.1 Å². The molecule has 2 N–H and O–H groups in total. The van der Waals surface area contributed by atoms with Crippen LogP contribution in [0.25, 0.3) is 0 Å². The lowest BCUT2D eigenvalue weighted by atomic mass is 10.2. The molecule has 1 saturated carbocycles. The van der Waals surface area contributed by atoms with Gasteiger partial charge in [0.15, 0.2) is 0 Å².